The van der Waals surface area contributed by atoms with E-state index in [2.05, 4.69) is 72.8 Å². The molecule has 8 bridgehead atoms. The van der Waals surface area contributed by atoms with E-state index >= 15 is 0 Å². The third-order valence-electron chi connectivity index (χ3n) is 18.3. The van der Waals surface area contributed by atoms with Crippen molar-refractivity contribution in [1.29, 1.82) is 0 Å². The number of carbonyl (C=O) groups excluding carboxylic acids is 8. The highest BCUT2D eigenvalue weighted by molar-refractivity contribution is 8.16. The zero-order chi connectivity index (χ0) is 78.2. The second kappa shape index (κ2) is 39.3. The summed E-state index contributed by atoms with van der Waals surface area (Å²) in [6.07, 6.45) is 3.72. The van der Waals surface area contributed by atoms with Crippen LogP contribution in [0, 0.1) is 0 Å². The van der Waals surface area contributed by atoms with Crippen molar-refractivity contribution in [2.75, 3.05) is 113 Å². The Kier molecular flexibility index (Phi) is 30.7. The quantitative estimate of drug-likeness (QED) is 0.0662. The maximum atomic E-state index is 15.0. The van der Waals surface area contributed by atoms with Gasteiger partial charge >= 0.3 is 0 Å². The molecule has 0 heterocycles. The molecule has 9 rings (SSSR count). The Balaban J connectivity index is 1.63. The average Bonchev–Trinajstić information content (AvgIpc) is 0.740. The van der Waals surface area contributed by atoms with Crippen molar-refractivity contribution >= 4 is 136 Å². The molecule has 8 aromatic carbocycles. The zero-order valence-corrected chi connectivity index (χ0v) is 70.8. The predicted molar refractivity (Wildman–Crippen MR) is 452 cm³/mol. The first-order valence-electron chi connectivity index (χ1n) is 35.5. The summed E-state index contributed by atoms with van der Waals surface area (Å²) in [7, 11) is 27.4. The summed E-state index contributed by atoms with van der Waals surface area (Å²) in [4.78, 5) is 137. The van der Waals surface area contributed by atoms with Crippen molar-refractivity contribution in [2.24, 2.45) is 0 Å². The van der Waals surface area contributed by atoms with Crippen LogP contribution in [0.15, 0.2) is 209 Å². The van der Waals surface area contributed by atoms with Gasteiger partial charge in [-0.25, -0.2) is 0 Å². The van der Waals surface area contributed by atoms with Gasteiger partial charge in [0.25, 0.3) is 41.9 Å². The SMILES string of the molecule is CN(C)C(=O)Sc1cc(SC(=O)N(C)C)c2cc1C(CCc1ccccc1)c1cc(c(SC(=O)N(C)C)cc1SC(=O)N(C)C)C(CCc1ccccc1)c1cc(c(SC(=O)N(C)C)cc1SC(=O)N(C)C)C(CCc1ccccc1)c1cc(c(SC(=O)N(C)C)cc1SC(=O)N(C)C)C2CCc1ccccc1. The van der Waals surface area contributed by atoms with Gasteiger partial charge in [-0.05, 0) is 236 Å². The van der Waals surface area contributed by atoms with Gasteiger partial charge in [0, 0.05) is 176 Å². The number of hydrogen-bond acceptors (Lipinski definition) is 16. The van der Waals surface area contributed by atoms with Crippen LogP contribution in [0.5, 0.6) is 0 Å². The third-order valence-corrected chi connectivity index (χ3v) is 27.2. The van der Waals surface area contributed by atoms with Gasteiger partial charge in [-0.3, -0.25) is 38.4 Å². The molecule has 0 saturated heterocycles. The Morgan fingerprint density at radius 2 is 0.343 bits per heavy atom. The largest absolute Gasteiger partial charge is 0.339 e. The van der Waals surface area contributed by atoms with Crippen LogP contribution in [0.25, 0.3) is 0 Å². The highest BCUT2D eigenvalue weighted by Crippen LogP contribution is 2.54. The van der Waals surface area contributed by atoms with Crippen LogP contribution >= 0.6 is 94.1 Å². The molecule has 0 N–H and O–H groups in total. The molecule has 8 aromatic rings. The summed E-state index contributed by atoms with van der Waals surface area (Å²) in [6, 6.07) is 57.4. The fourth-order valence-electron chi connectivity index (χ4n) is 12.5. The lowest BCUT2D eigenvalue weighted by Crippen LogP contribution is -2.21. The number of nitrogens with zero attached hydrogens (tertiary/aromatic N) is 8. The molecule has 108 heavy (non-hydrogen) atoms. The zero-order valence-electron chi connectivity index (χ0n) is 64.2. The molecule has 16 nitrogen and oxygen atoms in total. The normalized spacial score (nSPS) is 14.4. The van der Waals surface area contributed by atoms with Gasteiger partial charge in [-0.2, -0.15) is 0 Å². The average molecular weight is 1600 g/mol. The Bertz CT molecular complexity index is 3790. The van der Waals surface area contributed by atoms with Gasteiger partial charge in [0.15, 0.2) is 0 Å². The summed E-state index contributed by atoms with van der Waals surface area (Å²) in [5.41, 5.74) is 10.0. The van der Waals surface area contributed by atoms with E-state index in [1.165, 1.54) is 39.2 Å². The first-order valence-corrected chi connectivity index (χ1v) is 42.0. The molecule has 0 unspecified atom stereocenters. The van der Waals surface area contributed by atoms with Crippen molar-refractivity contribution in [3.05, 3.63) is 237 Å². The minimum Gasteiger partial charge on any atom is -0.339 e. The summed E-state index contributed by atoms with van der Waals surface area (Å²) in [6.45, 7) is 0. The Labute approximate surface area is 671 Å². The second-order valence-electron chi connectivity index (χ2n) is 28.1. The van der Waals surface area contributed by atoms with Crippen molar-refractivity contribution in [3.8, 4) is 0 Å². The summed E-state index contributed by atoms with van der Waals surface area (Å²) >= 11 is 8.47. The van der Waals surface area contributed by atoms with E-state index < -0.39 is 23.7 Å². The maximum absolute atomic E-state index is 15.0. The van der Waals surface area contributed by atoms with Crippen LogP contribution in [0.1, 0.15) is 116 Å². The van der Waals surface area contributed by atoms with Crippen molar-refractivity contribution in [1.82, 2.24) is 39.2 Å². The predicted octanol–water partition coefficient (Wildman–Crippen LogP) is 21.2. The van der Waals surface area contributed by atoms with E-state index in [1.807, 2.05) is 97.1 Å². The van der Waals surface area contributed by atoms with Crippen molar-refractivity contribution in [2.45, 2.75) is 114 Å². The smallest absolute Gasteiger partial charge is 0.285 e. The van der Waals surface area contributed by atoms with E-state index in [-0.39, 0.29) is 41.9 Å². The van der Waals surface area contributed by atoms with E-state index in [4.69, 9.17) is 0 Å². The number of thioether (sulfide) groups is 8. The van der Waals surface area contributed by atoms with E-state index in [9.17, 15) is 38.4 Å². The van der Waals surface area contributed by atoms with E-state index in [0.717, 1.165) is 161 Å². The lowest BCUT2D eigenvalue weighted by Gasteiger charge is -2.33. The Morgan fingerprint density at radius 1 is 0.213 bits per heavy atom. The molecule has 0 spiro atoms. The van der Waals surface area contributed by atoms with E-state index in [1.54, 1.807) is 113 Å². The van der Waals surface area contributed by atoms with Crippen LogP contribution in [0.2, 0.25) is 0 Å². The topological polar surface area (TPSA) is 162 Å². The molecule has 1 aliphatic rings. The number of hydrogen-bond donors (Lipinski definition) is 0. The monoisotopic (exact) mass is 1600 g/mol. The summed E-state index contributed by atoms with van der Waals surface area (Å²) < 4.78 is 0. The molecule has 0 fully saturated rings. The molecule has 0 radical (unpaired) electrons. The van der Waals surface area contributed by atoms with Crippen molar-refractivity contribution in [3.63, 3.8) is 0 Å². The van der Waals surface area contributed by atoms with Gasteiger partial charge in [-0.1, -0.05) is 146 Å². The number of aryl methyl sites for hydroxylation is 4. The van der Waals surface area contributed by atoms with Gasteiger partial charge < -0.3 is 39.2 Å². The maximum Gasteiger partial charge on any atom is 0.285 e. The van der Waals surface area contributed by atoms with Gasteiger partial charge in [0.05, 0.1) is 0 Å². The first kappa shape index (κ1) is 84.3. The number of fused-ring (bicyclic) bond motifs is 8. The van der Waals surface area contributed by atoms with Gasteiger partial charge in [0.1, 0.15) is 0 Å². The molecule has 1 aliphatic carbocycles. The molecule has 0 atom stereocenters. The molecular formula is C84H96N8O8S8. The van der Waals surface area contributed by atoms with Crippen LogP contribution < -0.4 is 0 Å². The number of carbonyl (C=O) groups is 8. The van der Waals surface area contributed by atoms with Crippen LogP contribution in [0.4, 0.5) is 38.4 Å². The lowest BCUT2D eigenvalue weighted by atomic mass is 9.77. The molecular weight excluding hydrogens is 1510 g/mol. The molecule has 0 aliphatic heterocycles. The highest BCUT2D eigenvalue weighted by Gasteiger charge is 2.37. The molecule has 8 amide bonds. The van der Waals surface area contributed by atoms with Gasteiger partial charge in [0.2, 0.25) is 0 Å². The fourth-order valence-corrected chi connectivity index (χ4v) is 19.7. The first-order chi connectivity index (χ1) is 51.5. The third kappa shape index (κ3) is 22.3. The highest BCUT2D eigenvalue weighted by atomic mass is 32.2. The second-order valence-corrected chi connectivity index (χ2v) is 36.1. The van der Waals surface area contributed by atoms with Crippen LogP contribution in [-0.4, -0.2) is 194 Å². The Morgan fingerprint density at radius 3 is 0.463 bits per heavy atom. The number of rotatable bonds is 20. The standard InChI is InChI=1S/C84H96N8O8S8/c1-85(2)77(93)101-69-49-70(102-78(94)86(3)4)62-45-61(69)57(41-37-53-29-21-17-22-30-53)63-46-64(72(104-80(96)88(7)8)50-71(63)103-79(95)87(5)6)59(43-39-55-33-25-19-26-34-55)67-48-68(76(108-84(100)92(15)16)52-75(67)107-83(99)91(13)14)60(44-40-56-35-27-20-28-36-56)66-47-65(58(62)42-38-54-31-23-18-24-32-54)73(105-81(97)89(9)10)51-74(66)106-82(98)90(11)12/h17-36,45-52,57-60H,37-44H2,1-16H3. The van der Waals surface area contributed by atoms with Crippen LogP contribution in [0.3, 0.4) is 0 Å². The number of amides is 8. The molecule has 568 valence electrons. The van der Waals surface area contributed by atoms with Gasteiger partial charge in [-0.15, -0.1) is 0 Å². The van der Waals surface area contributed by atoms with E-state index in [0.29, 0.717) is 90.5 Å². The molecule has 0 saturated carbocycles. The minimum atomic E-state index is -0.671. The summed E-state index contributed by atoms with van der Waals surface area (Å²) in [5.74, 6) is -2.68. The Hall–Kier alpha value is -7.68. The lowest BCUT2D eigenvalue weighted by molar-refractivity contribution is 0.240. The van der Waals surface area contributed by atoms with Crippen molar-refractivity contribution < 1.29 is 38.4 Å². The van der Waals surface area contributed by atoms with Crippen LogP contribution in [-0.2, 0) is 25.7 Å². The summed E-state index contributed by atoms with van der Waals surface area (Å²) in [5, 5.41) is -2.18. The molecule has 0 aromatic heterocycles. The minimum absolute atomic E-state index is 0.272. The molecule has 24 heteroatoms. The number of benzene rings is 8. The fraction of sp³-hybridized carbons (Fsp3) is 0.333.